The Balaban J connectivity index is 1.42. The number of benzene rings is 2. The molecule has 0 unspecified atom stereocenters. The number of aromatic nitrogens is 1. The summed E-state index contributed by atoms with van der Waals surface area (Å²) in [5.41, 5.74) is 3.55. The van der Waals surface area contributed by atoms with Gasteiger partial charge in [-0.1, -0.05) is 18.2 Å². The van der Waals surface area contributed by atoms with Crippen molar-refractivity contribution in [1.29, 1.82) is 0 Å². The molecule has 1 fully saturated rings. The number of hydrogen-bond donors (Lipinski definition) is 3. The number of nitrogens with zero attached hydrogens (tertiary/aromatic N) is 1. The number of rotatable bonds is 4. The van der Waals surface area contributed by atoms with Crippen molar-refractivity contribution in [3.63, 3.8) is 0 Å². The maximum atomic E-state index is 12.4. The summed E-state index contributed by atoms with van der Waals surface area (Å²) in [7, 11) is 0. The second-order valence-electron chi connectivity index (χ2n) is 6.37. The van der Waals surface area contributed by atoms with Crippen molar-refractivity contribution in [2.24, 2.45) is 0 Å². The highest BCUT2D eigenvalue weighted by Gasteiger charge is 2.19. The van der Waals surface area contributed by atoms with Gasteiger partial charge in [0.25, 0.3) is 0 Å². The summed E-state index contributed by atoms with van der Waals surface area (Å²) in [4.78, 5) is 29.1. The average molecular weight is 348 g/mol. The minimum absolute atomic E-state index is 0.0711. The Morgan fingerprint density at radius 2 is 1.92 bits per heavy atom. The maximum absolute atomic E-state index is 12.4. The van der Waals surface area contributed by atoms with Crippen LogP contribution in [0.4, 0.5) is 16.2 Å². The predicted octanol–water partition coefficient (Wildman–Crippen LogP) is 3.27. The number of amides is 3. The number of carbonyl (C=O) groups is 2. The molecule has 0 spiro atoms. The fourth-order valence-electron chi connectivity index (χ4n) is 3.26. The number of fused-ring (bicyclic) bond motifs is 1. The summed E-state index contributed by atoms with van der Waals surface area (Å²) in [5, 5.41) is 6.81. The third kappa shape index (κ3) is 3.26. The number of para-hydroxylation sites is 1. The van der Waals surface area contributed by atoms with Crippen LogP contribution in [0.3, 0.4) is 0 Å². The highest BCUT2D eigenvalue weighted by Crippen LogP contribution is 2.21. The number of urea groups is 1. The molecule has 1 aliphatic rings. The largest absolute Gasteiger partial charge is 0.361 e. The van der Waals surface area contributed by atoms with Crippen molar-refractivity contribution >= 4 is 34.2 Å². The fourth-order valence-corrected chi connectivity index (χ4v) is 3.26. The molecule has 0 atom stereocenters. The van der Waals surface area contributed by atoms with Crippen molar-refractivity contribution in [2.75, 3.05) is 23.3 Å². The van der Waals surface area contributed by atoms with Crippen molar-refractivity contribution in [3.8, 4) is 0 Å². The molecule has 4 rings (SSSR count). The third-order valence-electron chi connectivity index (χ3n) is 4.57. The van der Waals surface area contributed by atoms with Crippen molar-refractivity contribution < 1.29 is 9.59 Å². The van der Waals surface area contributed by atoms with E-state index in [0.717, 1.165) is 40.8 Å². The van der Waals surface area contributed by atoms with Crippen molar-refractivity contribution in [3.05, 3.63) is 60.3 Å². The smallest absolute Gasteiger partial charge is 0.321 e. The van der Waals surface area contributed by atoms with E-state index >= 15 is 0 Å². The molecule has 0 radical (unpaired) electrons. The van der Waals surface area contributed by atoms with Gasteiger partial charge in [-0.2, -0.15) is 0 Å². The zero-order chi connectivity index (χ0) is 17.9. The molecule has 132 valence electrons. The molecule has 1 saturated heterocycles. The van der Waals surface area contributed by atoms with E-state index in [-0.39, 0.29) is 11.9 Å². The van der Waals surface area contributed by atoms with Gasteiger partial charge in [-0.15, -0.1) is 0 Å². The first-order chi connectivity index (χ1) is 12.7. The van der Waals surface area contributed by atoms with Gasteiger partial charge in [-0.05, 0) is 42.3 Å². The Bertz CT molecular complexity index is 946. The van der Waals surface area contributed by atoms with Crippen LogP contribution in [0.1, 0.15) is 12.0 Å². The minimum Gasteiger partial charge on any atom is -0.361 e. The van der Waals surface area contributed by atoms with Crippen LogP contribution >= 0.6 is 0 Å². The summed E-state index contributed by atoms with van der Waals surface area (Å²) in [6.07, 6.45) is 3.11. The summed E-state index contributed by atoms with van der Waals surface area (Å²) in [6, 6.07) is 15.2. The zero-order valence-corrected chi connectivity index (χ0v) is 14.3. The molecule has 0 saturated carbocycles. The van der Waals surface area contributed by atoms with E-state index in [9.17, 15) is 9.59 Å². The lowest BCUT2D eigenvalue weighted by molar-refractivity contribution is -0.115. The molecule has 2 heterocycles. The van der Waals surface area contributed by atoms with Gasteiger partial charge in [0.1, 0.15) is 0 Å². The predicted molar refractivity (Wildman–Crippen MR) is 102 cm³/mol. The Morgan fingerprint density at radius 1 is 1.12 bits per heavy atom. The monoisotopic (exact) mass is 348 g/mol. The van der Waals surface area contributed by atoms with Gasteiger partial charge >= 0.3 is 6.03 Å². The van der Waals surface area contributed by atoms with Gasteiger partial charge < -0.3 is 15.6 Å². The molecular formula is C20H20N4O2. The second kappa shape index (κ2) is 6.92. The van der Waals surface area contributed by atoms with E-state index in [1.165, 1.54) is 0 Å². The van der Waals surface area contributed by atoms with E-state index in [1.54, 1.807) is 4.90 Å². The molecule has 1 aromatic heterocycles. The molecule has 0 aliphatic carbocycles. The van der Waals surface area contributed by atoms with Crippen LogP contribution in [-0.2, 0) is 11.2 Å². The molecule has 3 amide bonds. The first-order valence-corrected chi connectivity index (χ1v) is 8.71. The van der Waals surface area contributed by atoms with Crippen molar-refractivity contribution in [2.45, 2.75) is 12.8 Å². The summed E-state index contributed by atoms with van der Waals surface area (Å²) < 4.78 is 0. The first kappa shape index (κ1) is 16.2. The Hall–Kier alpha value is -3.28. The van der Waals surface area contributed by atoms with E-state index in [1.807, 2.05) is 54.7 Å². The highest BCUT2D eigenvalue weighted by molar-refractivity contribution is 5.96. The van der Waals surface area contributed by atoms with E-state index < -0.39 is 0 Å². The SMILES string of the molecule is O=C(Cc1c[nH]c2ccccc12)Nc1ccc(N2CCCNC2=O)cc1. The van der Waals surface area contributed by atoms with E-state index in [0.29, 0.717) is 13.0 Å². The van der Waals surface area contributed by atoms with Crippen LogP contribution in [0.5, 0.6) is 0 Å². The lowest BCUT2D eigenvalue weighted by Gasteiger charge is -2.27. The number of nitrogens with one attached hydrogen (secondary N) is 3. The third-order valence-corrected chi connectivity index (χ3v) is 4.57. The van der Waals surface area contributed by atoms with Crippen LogP contribution in [-0.4, -0.2) is 30.0 Å². The van der Waals surface area contributed by atoms with E-state index in [2.05, 4.69) is 15.6 Å². The number of anilines is 2. The van der Waals surface area contributed by atoms with Gasteiger partial charge in [-0.3, -0.25) is 9.69 Å². The molecule has 26 heavy (non-hydrogen) atoms. The molecule has 3 N–H and O–H groups in total. The lowest BCUT2D eigenvalue weighted by atomic mass is 10.1. The van der Waals surface area contributed by atoms with Gasteiger partial charge in [0.2, 0.25) is 5.91 Å². The Kier molecular flexibility index (Phi) is 4.31. The number of carbonyl (C=O) groups excluding carboxylic acids is 2. The van der Waals surface area contributed by atoms with Gasteiger partial charge in [-0.25, -0.2) is 4.79 Å². The highest BCUT2D eigenvalue weighted by atomic mass is 16.2. The van der Waals surface area contributed by atoms with Gasteiger partial charge in [0.05, 0.1) is 6.42 Å². The average Bonchev–Trinajstić information content (AvgIpc) is 3.06. The number of hydrogen-bond acceptors (Lipinski definition) is 2. The molecule has 6 heteroatoms. The Labute approximate surface area is 151 Å². The van der Waals surface area contributed by atoms with Gasteiger partial charge in [0, 0.05) is 41.6 Å². The quantitative estimate of drug-likeness (QED) is 0.677. The Morgan fingerprint density at radius 3 is 2.73 bits per heavy atom. The fraction of sp³-hybridized carbons (Fsp3) is 0.200. The van der Waals surface area contributed by atoms with Crippen LogP contribution < -0.4 is 15.5 Å². The molecule has 1 aliphatic heterocycles. The van der Waals surface area contributed by atoms with Crippen molar-refractivity contribution in [1.82, 2.24) is 10.3 Å². The van der Waals surface area contributed by atoms with Crippen LogP contribution in [0.15, 0.2) is 54.7 Å². The molecule has 2 aromatic carbocycles. The summed E-state index contributed by atoms with van der Waals surface area (Å²) >= 11 is 0. The second-order valence-corrected chi connectivity index (χ2v) is 6.37. The first-order valence-electron chi connectivity index (χ1n) is 8.71. The van der Waals surface area contributed by atoms with E-state index in [4.69, 9.17) is 0 Å². The van der Waals surface area contributed by atoms with Crippen LogP contribution in [0, 0.1) is 0 Å². The molecule has 3 aromatic rings. The van der Waals surface area contributed by atoms with Crippen LogP contribution in [0.25, 0.3) is 10.9 Å². The zero-order valence-electron chi connectivity index (χ0n) is 14.3. The maximum Gasteiger partial charge on any atom is 0.321 e. The van der Waals surface area contributed by atoms with Crippen LogP contribution in [0.2, 0.25) is 0 Å². The number of H-pyrrole nitrogens is 1. The minimum atomic E-state index is -0.0765. The standard InChI is InChI=1S/C20H20N4O2/c25-19(12-14-13-22-18-5-2-1-4-17(14)18)23-15-6-8-16(9-7-15)24-11-3-10-21-20(24)26/h1-2,4-9,13,22H,3,10-12H2,(H,21,26)(H,23,25). The lowest BCUT2D eigenvalue weighted by Crippen LogP contribution is -2.46. The molecule has 0 bridgehead atoms. The topological polar surface area (TPSA) is 77.2 Å². The normalized spacial score (nSPS) is 14.3. The number of aromatic amines is 1. The summed E-state index contributed by atoms with van der Waals surface area (Å²) in [5.74, 6) is -0.0711. The summed E-state index contributed by atoms with van der Waals surface area (Å²) in [6.45, 7) is 1.43. The van der Waals surface area contributed by atoms with Gasteiger partial charge in [0.15, 0.2) is 0 Å². The molecular weight excluding hydrogens is 328 g/mol. The molecule has 6 nitrogen and oxygen atoms in total.